The maximum atomic E-state index is 11.4. The Morgan fingerprint density at radius 2 is 2.00 bits per heavy atom. The average Bonchev–Trinajstić information content (AvgIpc) is 3.19. The first-order valence-corrected chi connectivity index (χ1v) is 10.5. The van der Waals surface area contributed by atoms with Gasteiger partial charge < -0.3 is 15.4 Å². The smallest absolute Gasteiger partial charge is 0.407 e. The zero-order valence-corrected chi connectivity index (χ0v) is 18.0. The average molecular weight is 469 g/mol. The molecule has 0 radical (unpaired) electrons. The molecule has 1 aliphatic rings. The molecule has 1 fully saturated rings. The highest BCUT2D eigenvalue weighted by atomic mass is 79.9. The van der Waals surface area contributed by atoms with Crippen LogP contribution in [0.25, 0.3) is 16.9 Å². The van der Waals surface area contributed by atoms with Crippen molar-refractivity contribution in [3.8, 4) is 17.5 Å². The Balaban J connectivity index is 1.50. The number of carbonyl (C=O) groups excluding carboxylic acids is 1. The van der Waals surface area contributed by atoms with Crippen LogP contribution in [-0.4, -0.2) is 39.9 Å². The maximum absolute atomic E-state index is 11.4. The Kier molecular flexibility index (Phi) is 5.86. The standard InChI is InChI=1S/C21H21BrN6O2/c1-30-21(29)27-15-4-2-14(3-5-15)26-18-9-19(24-12-17(18)22)20-7-6-16-8-13(10-23)11-25-28(16)20/h6-9,11-12,14-15H,2-5H2,1H3,(H,24,26)(H,27,29). The molecule has 0 saturated heterocycles. The van der Waals surface area contributed by atoms with Crippen LogP contribution in [0.15, 0.2) is 41.1 Å². The molecular formula is C21H21BrN6O2. The van der Waals surface area contributed by atoms with E-state index in [9.17, 15) is 4.79 Å². The molecule has 0 aromatic carbocycles. The van der Waals surface area contributed by atoms with Gasteiger partial charge in [0.1, 0.15) is 6.07 Å². The van der Waals surface area contributed by atoms with Gasteiger partial charge in [-0.25, -0.2) is 9.31 Å². The van der Waals surface area contributed by atoms with Crippen LogP contribution in [0.5, 0.6) is 0 Å². The molecule has 0 bridgehead atoms. The third-order valence-electron chi connectivity index (χ3n) is 5.34. The van der Waals surface area contributed by atoms with E-state index in [0.29, 0.717) is 11.6 Å². The first-order chi connectivity index (χ1) is 14.6. The third-order valence-corrected chi connectivity index (χ3v) is 5.97. The summed E-state index contributed by atoms with van der Waals surface area (Å²) in [6.07, 6.45) is 6.66. The number of fused-ring (bicyclic) bond motifs is 1. The molecule has 3 aromatic rings. The van der Waals surface area contributed by atoms with E-state index in [1.54, 1.807) is 23.0 Å². The number of anilines is 1. The van der Waals surface area contributed by atoms with E-state index < -0.39 is 0 Å². The fourth-order valence-electron chi connectivity index (χ4n) is 3.77. The van der Waals surface area contributed by atoms with E-state index in [4.69, 9.17) is 5.26 Å². The Morgan fingerprint density at radius 1 is 1.23 bits per heavy atom. The molecule has 3 aromatic heterocycles. The molecule has 0 unspecified atom stereocenters. The topological polar surface area (TPSA) is 104 Å². The van der Waals surface area contributed by atoms with Gasteiger partial charge in [-0.2, -0.15) is 10.4 Å². The second-order valence-electron chi connectivity index (χ2n) is 7.29. The number of nitrogens with zero attached hydrogens (tertiary/aromatic N) is 4. The van der Waals surface area contributed by atoms with Crippen molar-refractivity contribution in [2.24, 2.45) is 0 Å². The second-order valence-corrected chi connectivity index (χ2v) is 8.14. The zero-order chi connectivity index (χ0) is 21.1. The van der Waals surface area contributed by atoms with Gasteiger partial charge in [0.15, 0.2) is 0 Å². The summed E-state index contributed by atoms with van der Waals surface area (Å²) >= 11 is 3.59. The summed E-state index contributed by atoms with van der Waals surface area (Å²) in [6.45, 7) is 0. The van der Waals surface area contributed by atoms with E-state index in [2.05, 4.69) is 47.5 Å². The molecule has 1 saturated carbocycles. The Labute approximate surface area is 182 Å². The molecule has 4 rings (SSSR count). The van der Waals surface area contributed by atoms with Crippen molar-refractivity contribution in [2.75, 3.05) is 12.4 Å². The number of carbonyl (C=O) groups is 1. The van der Waals surface area contributed by atoms with Crippen molar-refractivity contribution in [1.82, 2.24) is 19.9 Å². The Bertz CT molecular complexity index is 1110. The van der Waals surface area contributed by atoms with Gasteiger partial charge in [-0.15, -0.1) is 0 Å². The first-order valence-electron chi connectivity index (χ1n) is 9.72. The summed E-state index contributed by atoms with van der Waals surface area (Å²) in [5.41, 5.74) is 3.98. The number of pyridine rings is 1. The summed E-state index contributed by atoms with van der Waals surface area (Å²) in [5, 5.41) is 19.9. The quantitative estimate of drug-likeness (QED) is 0.596. The number of hydrogen-bond acceptors (Lipinski definition) is 6. The number of methoxy groups -OCH3 is 1. The summed E-state index contributed by atoms with van der Waals surface area (Å²) < 4.78 is 7.35. The predicted octanol–water partition coefficient (Wildman–Crippen LogP) is 4.11. The highest BCUT2D eigenvalue weighted by Crippen LogP contribution is 2.30. The van der Waals surface area contributed by atoms with E-state index >= 15 is 0 Å². The molecule has 8 nitrogen and oxygen atoms in total. The predicted molar refractivity (Wildman–Crippen MR) is 116 cm³/mol. The highest BCUT2D eigenvalue weighted by molar-refractivity contribution is 9.10. The van der Waals surface area contributed by atoms with Crippen molar-refractivity contribution in [3.05, 3.63) is 46.7 Å². The number of rotatable bonds is 4. The normalized spacial score (nSPS) is 18.6. The fraction of sp³-hybridized carbons (Fsp3) is 0.333. The lowest BCUT2D eigenvalue weighted by Gasteiger charge is -2.30. The van der Waals surface area contributed by atoms with E-state index in [-0.39, 0.29) is 12.1 Å². The van der Waals surface area contributed by atoms with Gasteiger partial charge in [0, 0.05) is 18.3 Å². The van der Waals surface area contributed by atoms with Crippen LogP contribution in [0.3, 0.4) is 0 Å². The lowest BCUT2D eigenvalue weighted by molar-refractivity contribution is 0.162. The van der Waals surface area contributed by atoms with Crippen LogP contribution >= 0.6 is 15.9 Å². The lowest BCUT2D eigenvalue weighted by Crippen LogP contribution is -2.40. The van der Waals surface area contributed by atoms with Crippen molar-refractivity contribution in [1.29, 1.82) is 5.26 Å². The minimum atomic E-state index is -0.372. The molecule has 1 aliphatic carbocycles. The molecule has 0 aliphatic heterocycles. The second kappa shape index (κ2) is 8.71. The number of hydrogen-bond donors (Lipinski definition) is 2. The van der Waals surface area contributed by atoms with E-state index in [1.807, 2.05) is 18.2 Å². The fourth-order valence-corrected chi connectivity index (χ4v) is 4.10. The third kappa shape index (κ3) is 4.24. The number of nitrogens with one attached hydrogen (secondary N) is 2. The van der Waals surface area contributed by atoms with Gasteiger partial charge >= 0.3 is 6.09 Å². The summed E-state index contributed by atoms with van der Waals surface area (Å²) in [6, 6.07) is 10.3. The minimum absolute atomic E-state index is 0.156. The van der Waals surface area contributed by atoms with Gasteiger partial charge in [0.2, 0.25) is 0 Å². The van der Waals surface area contributed by atoms with E-state index in [0.717, 1.165) is 52.7 Å². The number of amides is 1. The molecule has 2 N–H and O–H groups in total. The van der Waals surface area contributed by atoms with Crippen LogP contribution < -0.4 is 10.6 Å². The van der Waals surface area contributed by atoms with Crippen LogP contribution in [0, 0.1) is 11.3 Å². The van der Waals surface area contributed by atoms with Gasteiger partial charge in [0.25, 0.3) is 0 Å². The number of nitriles is 1. The first kappa shape index (κ1) is 20.2. The maximum Gasteiger partial charge on any atom is 0.407 e. The monoisotopic (exact) mass is 468 g/mol. The Morgan fingerprint density at radius 3 is 2.73 bits per heavy atom. The largest absolute Gasteiger partial charge is 0.453 e. The summed E-state index contributed by atoms with van der Waals surface area (Å²) in [4.78, 5) is 15.9. The van der Waals surface area contributed by atoms with Crippen LogP contribution in [0.4, 0.5) is 10.5 Å². The number of halogens is 1. The molecule has 9 heteroatoms. The van der Waals surface area contributed by atoms with Gasteiger partial charge in [-0.3, -0.25) is 4.98 Å². The summed E-state index contributed by atoms with van der Waals surface area (Å²) in [7, 11) is 1.38. The van der Waals surface area contributed by atoms with Gasteiger partial charge in [-0.1, -0.05) is 0 Å². The molecule has 1 amide bonds. The van der Waals surface area contributed by atoms with Crippen LogP contribution in [0.2, 0.25) is 0 Å². The SMILES string of the molecule is COC(=O)NC1CCC(Nc2cc(-c3ccc4cc(C#N)cnn34)ncc2Br)CC1. The number of alkyl carbamates (subject to hydrolysis) is 1. The lowest BCUT2D eigenvalue weighted by atomic mass is 9.91. The summed E-state index contributed by atoms with van der Waals surface area (Å²) in [5.74, 6) is 0. The number of ether oxygens (including phenoxy) is 1. The van der Waals surface area contributed by atoms with Crippen molar-refractivity contribution >= 4 is 33.2 Å². The molecule has 0 atom stereocenters. The number of aromatic nitrogens is 3. The molecule has 0 spiro atoms. The van der Waals surface area contributed by atoms with Crippen LogP contribution in [-0.2, 0) is 4.74 Å². The van der Waals surface area contributed by atoms with Crippen LogP contribution in [0.1, 0.15) is 31.2 Å². The molecule has 154 valence electrons. The molecule has 30 heavy (non-hydrogen) atoms. The van der Waals surface area contributed by atoms with Crippen molar-refractivity contribution < 1.29 is 9.53 Å². The van der Waals surface area contributed by atoms with Crippen molar-refractivity contribution in [3.63, 3.8) is 0 Å². The highest BCUT2D eigenvalue weighted by Gasteiger charge is 2.23. The van der Waals surface area contributed by atoms with Gasteiger partial charge in [0.05, 0.1) is 45.9 Å². The van der Waals surface area contributed by atoms with Gasteiger partial charge in [-0.05, 0) is 65.9 Å². The van der Waals surface area contributed by atoms with Crippen molar-refractivity contribution in [2.45, 2.75) is 37.8 Å². The molecular weight excluding hydrogens is 448 g/mol. The molecule has 3 heterocycles. The van der Waals surface area contributed by atoms with E-state index in [1.165, 1.54) is 7.11 Å². The minimum Gasteiger partial charge on any atom is -0.453 e. The zero-order valence-electron chi connectivity index (χ0n) is 16.4. The Hall–Kier alpha value is -3.12.